The summed E-state index contributed by atoms with van der Waals surface area (Å²) in [6.07, 6.45) is -5.85. The standard InChI is InChI=1S/C17H18ClF4N3O3/c1-27-10-4-3-9(7-11(10)28-2)5-6-23-12(26)8-25-15(17(21)22)13(18)14(24-25)16(19)20/h3-4,7,16-17H,5-6,8H2,1-2H3,(H,23,26). The molecule has 0 fully saturated rings. The van der Waals surface area contributed by atoms with Crippen LogP contribution >= 0.6 is 11.6 Å². The lowest BCUT2D eigenvalue weighted by Gasteiger charge is -2.11. The van der Waals surface area contributed by atoms with Crippen LogP contribution in [0.3, 0.4) is 0 Å². The smallest absolute Gasteiger partial charge is 0.283 e. The lowest BCUT2D eigenvalue weighted by molar-refractivity contribution is -0.121. The fourth-order valence-electron chi connectivity index (χ4n) is 2.52. The average molecular weight is 424 g/mol. The highest BCUT2D eigenvalue weighted by atomic mass is 35.5. The molecular weight excluding hydrogens is 406 g/mol. The fraction of sp³-hybridized carbons (Fsp3) is 0.412. The first-order valence-electron chi connectivity index (χ1n) is 8.08. The minimum atomic E-state index is -3.15. The minimum Gasteiger partial charge on any atom is -0.493 e. The average Bonchev–Trinajstić information content (AvgIpc) is 2.97. The van der Waals surface area contributed by atoms with E-state index in [1.54, 1.807) is 18.2 Å². The van der Waals surface area contributed by atoms with E-state index in [-0.39, 0.29) is 6.54 Å². The summed E-state index contributed by atoms with van der Waals surface area (Å²) < 4.78 is 62.6. The molecule has 0 spiro atoms. The summed E-state index contributed by atoms with van der Waals surface area (Å²) in [5, 5.41) is 5.03. The number of halogens is 5. The number of carbonyl (C=O) groups excluding carboxylic acids is 1. The van der Waals surface area contributed by atoms with Gasteiger partial charge in [0.25, 0.3) is 12.9 Å². The van der Waals surface area contributed by atoms with Gasteiger partial charge in [-0.3, -0.25) is 9.48 Å². The van der Waals surface area contributed by atoms with E-state index in [0.29, 0.717) is 22.6 Å². The number of ether oxygens (including phenoxy) is 2. The predicted octanol–water partition coefficient (Wildman–Crippen LogP) is 3.79. The van der Waals surface area contributed by atoms with Crippen molar-refractivity contribution < 1.29 is 31.8 Å². The zero-order chi connectivity index (χ0) is 20.8. The van der Waals surface area contributed by atoms with Crippen molar-refractivity contribution in [3.8, 4) is 11.5 Å². The van der Waals surface area contributed by atoms with Crippen LogP contribution in [0.25, 0.3) is 0 Å². The molecular formula is C17H18ClF4N3O3. The molecule has 2 rings (SSSR count). The monoisotopic (exact) mass is 423 g/mol. The zero-order valence-corrected chi connectivity index (χ0v) is 15.8. The Hall–Kier alpha value is -2.49. The third kappa shape index (κ3) is 5.06. The van der Waals surface area contributed by atoms with Crippen LogP contribution < -0.4 is 14.8 Å². The maximum absolute atomic E-state index is 13.1. The number of carbonyl (C=O) groups is 1. The van der Waals surface area contributed by atoms with Gasteiger partial charge in [-0.05, 0) is 24.1 Å². The SMILES string of the molecule is COc1ccc(CCNC(=O)Cn2nc(C(F)F)c(Cl)c2C(F)F)cc1OC. The van der Waals surface area contributed by atoms with Crippen molar-refractivity contribution in [2.75, 3.05) is 20.8 Å². The van der Waals surface area contributed by atoms with Gasteiger partial charge in [-0.25, -0.2) is 17.6 Å². The van der Waals surface area contributed by atoms with Crippen LogP contribution in [0.2, 0.25) is 5.02 Å². The normalized spacial score (nSPS) is 11.2. The van der Waals surface area contributed by atoms with Gasteiger partial charge in [-0.1, -0.05) is 17.7 Å². The zero-order valence-electron chi connectivity index (χ0n) is 15.0. The molecule has 0 aliphatic carbocycles. The Balaban J connectivity index is 1.99. The van der Waals surface area contributed by atoms with Gasteiger partial charge in [0.05, 0.1) is 19.2 Å². The van der Waals surface area contributed by atoms with E-state index in [0.717, 1.165) is 5.56 Å². The van der Waals surface area contributed by atoms with Crippen molar-refractivity contribution in [2.45, 2.75) is 25.8 Å². The van der Waals surface area contributed by atoms with Crippen LogP contribution in [-0.4, -0.2) is 36.5 Å². The number of nitrogens with one attached hydrogen (secondary N) is 1. The Bertz CT molecular complexity index is 830. The van der Waals surface area contributed by atoms with Crippen molar-refractivity contribution in [3.63, 3.8) is 0 Å². The maximum Gasteiger partial charge on any atom is 0.283 e. The number of amides is 1. The van der Waals surface area contributed by atoms with Crippen LogP contribution in [0.1, 0.15) is 29.8 Å². The van der Waals surface area contributed by atoms with E-state index in [9.17, 15) is 22.4 Å². The first-order chi connectivity index (χ1) is 13.3. The van der Waals surface area contributed by atoms with E-state index in [1.165, 1.54) is 14.2 Å². The minimum absolute atomic E-state index is 0.190. The summed E-state index contributed by atoms with van der Waals surface area (Å²) in [4.78, 5) is 12.0. The molecule has 154 valence electrons. The summed E-state index contributed by atoms with van der Waals surface area (Å²) in [5.41, 5.74) is -1.05. The van der Waals surface area contributed by atoms with Gasteiger partial charge in [0.1, 0.15) is 17.9 Å². The molecule has 0 saturated heterocycles. The molecule has 0 bridgehead atoms. The van der Waals surface area contributed by atoms with Gasteiger partial charge in [0.15, 0.2) is 11.5 Å². The molecule has 1 aromatic heterocycles. The predicted molar refractivity (Wildman–Crippen MR) is 93.4 cm³/mol. The van der Waals surface area contributed by atoms with Crippen LogP contribution in [0.5, 0.6) is 11.5 Å². The third-order valence-corrected chi connectivity index (χ3v) is 4.23. The molecule has 0 unspecified atom stereocenters. The van der Waals surface area contributed by atoms with Gasteiger partial charge >= 0.3 is 0 Å². The molecule has 6 nitrogen and oxygen atoms in total. The molecule has 0 saturated carbocycles. The summed E-state index contributed by atoms with van der Waals surface area (Å²) in [7, 11) is 3.00. The number of methoxy groups -OCH3 is 2. The van der Waals surface area contributed by atoms with Crippen LogP contribution in [0.15, 0.2) is 18.2 Å². The number of hydrogen-bond donors (Lipinski definition) is 1. The van der Waals surface area contributed by atoms with Crippen molar-refractivity contribution in [2.24, 2.45) is 0 Å². The molecule has 11 heteroatoms. The maximum atomic E-state index is 13.1. The van der Waals surface area contributed by atoms with Gasteiger partial charge < -0.3 is 14.8 Å². The molecule has 0 radical (unpaired) electrons. The number of aromatic nitrogens is 2. The van der Waals surface area contributed by atoms with Gasteiger partial charge in [-0.15, -0.1) is 0 Å². The van der Waals surface area contributed by atoms with Gasteiger partial charge in [-0.2, -0.15) is 5.10 Å². The Morgan fingerprint density at radius 2 is 1.86 bits per heavy atom. The largest absolute Gasteiger partial charge is 0.493 e. The van der Waals surface area contributed by atoms with Crippen molar-refractivity contribution in [1.29, 1.82) is 0 Å². The summed E-state index contributed by atoms with van der Waals surface area (Å²) in [6, 6.07) is 5.23. The lowest BCUT2D eigenvalue weighted by atomic mass is 10.1. The molecule has 0 atom stereocenters. The van der Waals surface area contributed by atoms with Crippen LogP contribution in [0.4, 0.5) is 17.6 Å². The molecule has 0 aliphatic heterocycles. The van der Waals surface area contributed by atoms with E-state index in [1.807, 2.05) is 0 Å². The van der Waals surface area contributed by atoms with E-state index >= 15 is 0 Å². The summed E-state index contributed by atoms with van der Waals surface area (Å²) in [6.45, 7) is -0.465. The first kappa shape index (κ1) is 21.8. The number of nitrogens with zero attached hydrogens (tertiary/aromatic N) is 2. The fourth-order valence-corrected chi connectivity index (χ4v) is 2.82. The number of benzene rings is 1. The first-order valence-corrected chi connectivity index (χ1v) is 8.46. The second kappa shape index (κ2) is 9.63. The molecule has 1 heterocycles. The summed E-state index contributed by atoms with van der Waals surface area (Å²) in [5.74, 6) is 0.418. The third-order valence-electron chi connectivity index (χ3n) is 3.85. The molecule has 2 aromatic rings. The second-order valence-electron chi connectivity index (χ2n) is 5.63. The Labute approximate surface area is 163 Å². The molecule has 1 aromatic carbocycles. The Kier molecular flexibility index (Phi) is 7.50. The second-order valence-corrected chi connectivity index (χ2v) is 6.01. The van der Waals surface area contributed by atoms with Gasteiger partial charge in [0.2, 0.25) is 5.91 Å². The quantitative estimate of drug-likeness (QED) is 0.623. The van der Waals surface area contributed by atoms with E-state index < -0.39 is 41.7 Å². The van der Waals surface area contributed by atoms with Crippen molar-refractivity contribution in [3.05, 3.63) is 40.2 Å². The molecule has 1 N–H and O–H groups in total. The summed E-state index contributed by atoms with van der Waals surface area (Å²) >= 11 is 5.54. The highest BCUT2D eigenvalue weighted by Gasteiger charge is 2.28. The number of alkyl halides is 4. The highest BCUT2D eigenvalue weighted by molar-refractivity contribution is 6.32. The Morgan fingerprint density at radius 3 is 2.43 bits per heavy atom. The van der Waals surface area contributed by atoms with Gasteiger partial charge in [0, 0.05) is 6.54 Å². The van der Waals surface area contributed by atoms with Crippen molar-refractivity contribution >= 4 is 17.5 Å². The van der Waals surface area contributed by atoms with Crippen molar-refractivity contribution in [1.82, 2.24) is 15.1 Å². The van der Waals surface area contributed by atoms with Crippen LogP contribution in [-0.2, 0) is 17.8 Å². The number of rotatable bonds is 9. The molecule has 28 heavy (non-hydrogen) atoms. The van der Waals surface area contributed by atoms with E-state index in [4.69, 9.17) is 21.1 Å². The lowest BCUT2D eigenvalue weighted by Crippen LogP contribution is -2.30. The topological polar surface area (TPSA) is 65.4 Å². The van der Waals surface area contributed by atoms with Crippen LogP contribution in [0, 0.1) is 0 Å². The highest BCUT2D eigenvalue weighted by Crippen LogP contribution is 2.34. The molecule has 0 aliphatic rings. The molecule has 1 amide bonds. The van der Waals surface area contributed by atoms with E-state index in [2.05, 4.69) is 10.4 Å². The Morgan fingerprint density at radius 1 is 1.18 bits per heavy atom. The number of hydrogen-bond acceptors (Lipinski definition) is 4.